The monoisotopic (exact) mass is 399 g/mol. The zero-order valence-electron chi connectivity index (χ0n) is 9.95. The summed E-state index contributed by atoms with van der Waals surface area (Å²) in [5.41, 5.74) is -0.665. The summed E-state index contributed by atoms with van der Waals surface area (Å²) < 4.78 is 48.4. The first kappa shape index (κ1) is 14.9. The molecule has 0 amide bonds. The Hall–Kier alpha value is -1.45. The van der Waals surface area contributed by atoms with Crippen molar-refractivity contribution in [2.75, 3.05) is 7.11 Å². The fourth-order valence-corrected chi connectivity index (χ4v) is 2.73. The van der Waals surface area contributed by atoms with Gasteiger partial charge in [0.2, 0.25) is 6.10 Å². The number of carboxylic acids is 1. The molecule has 0 saturated carbocycles. The van der Waals surface area contributed by atoms with E-state index in [2.05, 4.69) is 0 Å². The first-order valence-electron chi connectivity index (χ1n) is 5.28. The molecule has 0 spiro atoms. The van der Waals surface area contributed by atoms with Crippen molar-refractivity contribution in [1.82, 2.24) is 0 Å². The third kappa shape index (κ3) is 2.56. The van der Waals surface area contributed by atoms with Crippen LogP contribution in [0.15, 0.2) is 23.8 Å². The van der Waals surface area contributed by atoms with Gasteiger partial charge in [-0.05, 0) is 34.7 Å². The lowest BCUT2D eigenvalue weighted by Gasteiger charge is -2.31. The molecule has 4 nitrogen and oxygen atoms in total. The zero-order chi connectivity index (χ0) is 15.1. The predicted octanol–water partition coefficient (Wildman–Crippen LogP) is 1.91. The molecular formula is C12H7F3IO4-. The molecule has 1 aliphatic rings. The van der Waals surface area contributed by atoms with Crippen LogP contribution >= 0.6 is 22.6 Å². The molecule has 1 aliphatic heterocycles. The van der Waals surface area contributed by atoms with E-state index in [-0.39, 0.29) is 14.9 Å². The highest BCUT2D eigenvalue weighted by atomic mass is 127. The van der Waals surface area contributed by atoms with Crippen LogP contribution in [0.4, 0.5) is 13.2 Å². The van der Waals surface area contributed by atoms with E-state index in [0.717, 1.165) is 0 Å². The molecule has 1 unspecified atom stereocenters. The van der Waals surface area contributed by atoms with Crippen LogP contribution in [-0.4, -0.2) is 25.4 Å². The summed E-state index contributed by atoms with van der Waals surface area (Å²) in [6, 6.07) is 4.21. The van der Waals surface area contributed by atoms with E-state index in [0.29, 0.717) is 5.75 Å². The molecule has 0 radical (unpaired) electrons. The first-order chi connectivity index (χ1) is 9.25. The number of carbonyl (C=O) groups is 1. The Morgan fingerprint density at radius 3 is 2.60 bits per heavy atom. The Balaban J connectivity index is 2.63. The van der Waals surface area contributed by atoms with Crippen LogP contribution in [0.2, 0.25) is 0 Å². The standard InChI is InChI=1S/C12H8F3IO4/c1-19-5-2-3-6-7(4-5)20-10(12(13,14)15)8(9(6)16)11(17)18/h2-4,10H,1H3,(H,17,18)/p-1. The predicted molar refractivity (Wildman–Crippen MR) is 69.4 cm³/mol. The number of halogens is 4. The SMILES string of the molecule is COc1ccc2c(c1)OC(C(F)(F)F)C(C(=O)[O-])=C2I. The van der Waals surface area contributed by atoms with Gasteiger partial charge in [0.05, 0.1) is 13.1 Å². The van der Waals surface area contributed by atoms with Crippen molar-refractivity contribution in [1.29, 1.82) is 0 Å². The molecule has 0 aromatic heterocycles. The fourth-order valence-electron chi connectivity index (χ4n) is 1.78. The van der Waals surface area contributed by atoms with Gasteiger partial charge in [-0.25, -0.2) is 0 Å². The van der Waals surface area contributed by atoms with Gasteiger partial charge in [-0.15, -0.1) is 0 Å². The molecule has 0 saturated heterocycles. The number of aliphatic carboxylic acids is 1. The second kappa shape index (κ2) is 5.15. The number of benzene rings is 1. The highest BCUT2D eigenvalue weighted by molar-refractivity contribution is 14.1. The van der Waals surface area contributed by atoms with E-state index in [9.17, 15) is 23.1 Å². The number of ether oxygens (including phenoxy) is 2. The van der Waals surface area contributed by atoms with E-state index >= 15 is 0 Å². The molecule has 2 rings (SSSR count). The summed E-state index contributed by atoms with van der Waals surface area (Å²) in [5, 5.41) is 11.0. The molecule has 1 aromatic rings. The Morgan fingerprint density at radius 2 is 2.10 bits per heavy atom. The summed E-state index contributed by atoms with van der Waals surface area (Å²) in [4.78, 5) is 11.0. The molecule has 8 heteroatoms. The van der Waals surface area contributed by atoms with Crippen LogP contribution in [0.25, 0.3) is 3.58 Å². The fraction of sp³-hybridized carbons (Fsp3) is 0.250. The minimum atomic E-state index is -4.85. The number of methoxy groups -OCH3 is 1. The average molecular weight is 399 g/mol. The third-order valence-corrected chi connectivity index (χ3v) is 3.85. The second-order valence-electron chi connectivity index (χ2n) is 3.92. The highest BCUT2D eigenvalue weighted by Gasteiger charge is 2.48. The van der Waals surface area contributed by atoms with Crippen molar-refractivity contribution in [2.45, 2.75) is 12.3 Å². The maximum absolute atomic E-state index is 12.9. The van der Waals surface area contributed by atoms with Gasteiger partial charge in [0.15, 0.2) is 0 Å². The molecule has 108 valence electrons. The molecule has 1 heterocycles. The molecule has 1 atom stereocenters. The van der Waals surface area contributed by atoms with Crippen molar-refractivity contribution in [3.63, 3.8) is 0 Å². The van der Waals surface area contributed by atoms with Crippen LogP contribution in [0.5, 0.6) is 11.5 Å². The molecule has 1 aromatic carbocycles. The lowest BCUT2D eigenvalue weighted by Crippen LogP contribution is -2.44. The molecule has 0 N–H and O–H groups in total. The van der Waals surface area contributed by atoms with Crippen molar-refractivity contribution in [2.24, 2.45) is 0 Å². The van der Waals surface area contributed by atoms with Gasteiger partial charge < -0.3 is 19.4 Å². The third-order valence-electron chi connectivity index (χ3n) is 2.69. The number of carboxylic acid groups (broad SMARTS) is 1. The van der Waals surface area contributed by atoms with Crippen LogP contribution < -0.4 is 14.6 Å². The zero-order valence-corrected chi connectivity index (χ0v) is 12.1. The van der Waals surface area contributed by atoms with Crippen LogP contribution in [0.3, 0.4) is 0 Å². The van der Waals surface area contributed by atoms with Crippen LogP contribution in [-0.2, 0) is 4.79 Å². The molecule has 0 fully saturated rings. The Labute approximate surface area is 125 Å². The van der Waals surface area contributed by atoms with Crippen molar-refractivity contribution in [3.8, 4) is 11.5 Å². The minimum absolute atomic E-state index is 0.0613. The van der Waals surface area contributed by atoms with Gasteiger partial charge in [-0.3, -0.25) is 0 Å². The quantitative estimate of drug-likeness (QED) is 0.714. The number of hydrogen-bond donors (Lipinski definition) is 0. The molecular weight excluding hydrogens is 392 g/mol. The normalized spacial score (nSPS) is 18.4. The maximum Gasteiger partial charge on any atom is 0.429 e. The largest absolute Gasteiger partial charge is 0.545 e. The summed E-state index contributed by atoms with van der Waals surface area (Å²) in [5.74, 6) is -1.68. The number of carbonyl (C=O) groups excluding carboxylic acids is 1. The van der Waals surface area contributed by atoms with Crippen LogP contribution in [0, 0.1) is 0 Å². The van der Waals surface area contributed by atoms with Gasteiger partial charge in [0.1, 0.15) is 11.5 Å². The molecule has 20 heavy (non-hydrogen) atoms. The highest BCUT2D eigenvalue weighted by Crippen LogP contribution is 2.45. The number of rotatable bonds is 2. The van der Waals surface area contributed by atoms with Gasteiger partial charge in [-0.2, -0.15) is 13.2 Å². The summed E-state index contributed by atoms with van der Waals surface area (Å²) >= 11 is 1.54. The number of fused-ring (bicyclic) bond motifs is 1. The summed E-state index contributed by atoms with van der Waals surface area (Å²) in [6.45, 7) is 0. The number of hydrogen-bond acceptors (Lipinski definition) is 4. The summed E-state index contributed by atoms with van der Waals surface area (Å²) in [6.07, 6.45) is -7.41. The topological polar surface area (TPSA) is 58.6 Å². The average Bonchev–Trinajstić information content (AvgIpc) is 2.36. The minimum Gasteiger partial charge on any atom is -0.545 e. The van der Waals surface area contributed by atoms with Gasteiger partial charge >= 0.3 is 6.18 Å². The summed E-state index contributed by atoms with van der Waals surface area (Å²) in [7, 11) is 1.36. The Bertz CT molecular complexity index is 595. The first-order valence-corrected chi connectivity index (χ1v) is 6.36. The molecule has 0 bridgehead atoms. The van der Waals surface area contributed by atoms with E-state index < -0.39 is 23.8 Å². The van der Waals surface area contributed by atoms with Crippen molar-refractivity contribution >= 4 is 32.1 Å². The smallest absolute Gasteiger partial charge is 0.429 e. The van der Waals surface area contributed by atoms with E-state index in [1.54, 1.807) is 22.6 Å². The van der Waals surface area contributed by atoms with E-state index in [4.69, 9.17) is 9.47 Å². The molecule has 0 aliphatic carbocycles. The van der Waals surface area contributed by atoms with E-state index in [1.165, 1.54) is 25.3 Å². The van der Waals surface area contributed by atoms with Gasteiger partial charge in [0.25, 0.3) is 0 Å². The lowest BCUT2D eigenvalue weighted by atomic mass is 10.0. The number of alkyl halides is 3. The second-order valence-corrected chi connectivity index (χ2v) is 5.00. The van der Waals surface area contributed by atoms with Crippen molar-refractivity contribution < 1.29 is 32.5 Å². The Morgan fingerprint density at radius 1 is 1.45 bits per heavy atom. The van der Waals surface area contributed by atoms with Gasteiger partial charge in [-0.1, -0.05) is 0 Å². The van der Waals surface area contributed by atoms with Crippen molar-refractivity contribution in [3.05, 3.63) is 29.3 Å². The Kier molecular flexibility index (Phi) is 3.85. The maximum atomic E-state index is 12.9. The van der Waals surface area contributed by atoms with Gasteiger partial charge in [0, 0.05) is 20.8 Å². The van der Waals surface area contributed by atoms with Crippen LogP contribution in [0.1, 0.15) is 5.56 Å². The lowest BCUT2D eigenvalue weighted by molar-refractivity contribution is -0.302. The van der Waals surface area contributed by atoms with E-state index in [1.807, 2.05) is 0 Å².